The fourth-order valence-corrected chi connectivity index (χ4v) is 1.50. The van der Waals surface area contributed by atoms with Gasteiger partial charge in [0.25, 0.3) is 0 Å². The Morgan fingerprint density at radius 1 is 1.56 bits per heavy atom. The average molecular weight is 270 g/mol. The van der Waals surface area contributed by atoms with Crippen molar-refractivity contribution in [2.24, 2.45) is 0 Å². The molecule has 0 aliphatic heterocycles. The SMILES string of the molecule is COC(=O)CCNCC=Cc1cc(Cl)ccc1O. The maximum absolute atomic E-state index is 10.8. The smallest absolute Gasteiger partial charge is 0.306 e. The van der Waals surface area contributed by atoms with Crippen molar-refractivity contribution in [3.05, 3.63) is 34.9 Å². The molecular weight excluding hydrogens is 254 g/mol. The van der Waals surface area contributed by atoms with Crippen molar-refractivity contribution in [3.63, 3.8) is 0 Å². The molecule has 1 aromatic carbocycles. The predicted molar refractivity (Wildman–Crippen MR) is 71.7 cm³/mol. The molecule has 0 saturated heterocycles. The number of methoxy groups -OCH3 is 1. The molecule has 0 spiro atoms. The number of carbonyl (C=O) groups is 1. The number of benzene rings is 1. The highest BCUT2D eigenvalue weighted by atomic mass is 35.5. The second-order valence-electron chi connectivity index (χ2n) is 3.64. The number of halogens is 1. The lowest BCUT2D eigenvalue weighted by molar-refractivity contribution is -0.140. The molecule has 0 heterocycles. The summed E-state index contributed by atoms with van der Waals surface area (Å²) in [5.74, 6) is -0.0517. The summed E-state index contributed by atoms with van der Waals surface area (Å²) >= 11 is 5.82. The summed E-state index contributed by atoms with van der Waals surface area (Å²) < 4.78 is 4.51. The van der Waals surface area contributed by atoms with Crippen LogP contribution in [0.4, 0.5) is 0 Å². The minimum absolute atomic E-state index is 0.185. The third kappa shape index (κ3) is 5.21. The second kappa shape index (κ2) is 7.74. The van der Waals surface area contributed by atoms with Gasteiger partial charge >= 0.3 is 5.97 Å². The van der Waals surface area contributed by atoms with Gasteiger partial charge in [0, 0.05) is 23.7 Å². The number of phenolic OH excluding ortho intramolecular Hbond substituents is 1. The minimum Gasteiger partial charge on any atom is -0.507 e. The quantitative estimate of drug-likeness (QED) is 0.614. The Morgan fingerprint density at radius 3 is 3.06 bits per heavy atom. The third-order valence-corrected chi connectivity index (χ3v) is 2.52. The molecule has 98 valence electrons. The van der Waals surface area contributed by atoms with E-state index in [2.05, 4.69) is 10.1 Å². The standard InChI is InChI=1S/C13H16ClNO3/c1-18-13(17)6-8-15-7-2-3-10-9-11(14)4-5-12(10)16/h2-5,9,15-16H,6-8H2,1H3. The molecule has 1 rings (SSSR count). The van der Waals surface area contributed by atoms with E-state index in [1.54, 1.807) is 24.3 Å². The van der Waals surface area contributed by atoms with Crippen molar-refractivity contribution in [1.82, 2.24) is 5.32 Å². The maximum atomic E-state index is 10.8. The van der Waals surface area contributed by atoms with Gasteiger partial charge in [0.05, 0.1) is 13.5 Å². The largest absolute Gasteiger partial charge is 0.507 e. The number of rotatable bonds is 6. The molecule has 2 N–H and O–H groups in total. The zero-order valence-corrected chi connectivity index (χ0v) is 10.9. The van der Waals surface area contributed by atoms with Gasteiger partial charge in [-0.05, 0) is 18.2 Å². The highest BCUT2D eigenvalue weighted by Crippen LogP contribution is 2.22. The van der Waals surface area contributed by atoms with E-state index in [9.17, 15) is 9.90 Å². The zero-order valence-electron chi connectivity index (χ0n) is 10.1. The Bertz CT molecular complexity index is 432. The van der Waals surface area contributed by atoms with Crippen LogP contribution in [0.3, 0.4) is 0 Å². The summed E-state index contributed by atoms with van der Waals surface area (Å²) in [6.45, 7) is 1.15. The lowest BCUT2D eigenvalue weighted by atomic mass is 10.2. The van der Waals surface area contributed by atoms with Gasteiger partial charge in [-0.15, -0.1) is 0 Å². The van der Waals surface area contributed by atoms with Crippen LogP contribution in [-0.4, -0.2) is 31.3 Å². The van der Waals surface area contributed by atoms with E-state index in [-0.39, 0.29) is 11.7 Å². The lowest BCUT2D eigenvalue weighted by Gasteiger charge is -2.01. The van der Waals surface area contributed by atoms with E-state index >= 15 is 0 Å². The van der Waals surface area contributed by atoms with Crippen molar-refractivity contribution in [1.29, 1.82) is 0 Å². The number of hydrogen-bond donors (Lipinski definition) is 2. The van der Waals surface area contributed by atoms with Crippen molar-refractivity contribution in [2.45, 2.75) is 6.42 Å². The van der Waals surface area contributed by atoms with Gasteiger partial charge in [-0.1, -0.05) is 23.8 Å². The fraction of sp³-hybridized carbons (Fsp3) is 0.308. The van der Waals surface area contributed by atoms with Gasteiger partial charge < -0.3 is 15.2 Å². The van der Waals surface area contributed by atoms with E-state index in [0.717, 1.165) is 0 Å². The second-order valence-corrected chi connectivity index (χ2v) is 4.07. The third-order valence-electron chi connectivity index (χ3n) is 2.28. The summed E-state index contributed by atoms with van der Waals surface area (Å²) in [6.07, 6.45) is 3.96. The summed E-state index contributed by atoms with van der Waals surface area (Å²) in [5.41, 5.74) is 0.664. The van der Waals surface area contributed by atoms with Crippen molar-refractivity contribution in [3.8, 4) is 5.75 Å². The molecule has 0 amide bonds. The van der Waals surface area contributed by atoms with Gasteiger partial charge in [-0.3, -0.25) is 4.79 Å². The van der Waals surface area contributed by atoms with Crippen LogP contribution in [0.1, 0.15) is 12.0 Å². The molecule has 0 aliphatic carbocycles. The molecule has 0 atom stereocenters. The predicted octanol–water partition coefficient (Wildman–Crippen LogP) is 2.21. The first-order chi connectivity index (χ1) is 8.63. The molecule has 0 unspecified atom stereocenters. The molecule has 5 heteroatoms. The first-order valence-corrected chi connectivity index (χ1v) is 5.94. The van der Waals surface area contributed by atoms with Gasteiger partial charge in [-0.25, -0.2) is 0 Å². The molecule has 0 radical (unpaired) electrons. The van der Waals surface area contributed by atoms with E-state index in [0.29, 0.717) is 30.1 Å². The monoisotopic (exact) mass is 269 g/mol. The highest BCUT2D eigenvalue weighted by molar-refractivity contribution is 6.30. The average Bonchev–Trinajstić information content (AvgIpc) is 2.37. The first kappa shape index (κ1) is 14.5. The summed E-state index contributed by atoms with van der Waals surface area (Å²) in [5, 5.41) is 13.2. The lowest BCUT2D eigenvalue weighted by Crippen LogP contribution is -2.18. The van der Waals surface area contributed by atoms with E-state index < -0.39 is 0 Å². The van der Waals surface area contributed by atoms with Crippen LogP contribution in [0.25, 0.3) is 6.08 Å². The number of phenols is 1. The Morgan fingerprint density at radius 2 is 2.33 bits per heavy atom. The normalized spacial score (nSPS) is 10.8. The van der Waals surface area contributed by atoms with Crippen LogP contribution in [0, 0.1) is 0 Å². The van der Waals surface area contributed by atoms with Crippen molar-refractivity contribution >= 4 is 23.6 Å². The minimum atomic E-state index is -0.237. The number of aromatic hydroxyl groups is 1. The summed E-state index contributed by atoms with van der Waals surface area (Å²) in [4.78, 5) is 10.8. The van der Waals surface area contributed by atoms with Gasteiger partial charge in [0.1, 0.15) is 5.75 Å². The highest BCUT2D eigenvalue weighted by Gasteiger charge is 1.98. The molecule has 0 fully saturated rings. The maximum Gasteiger partial charge on any atom is 0.306 e. The van der Waals surface area contributed by atoms with Gasteiger partial charge in [0.15, 0.2) is 0 Å². The van der Waals surface area contributed by atoms with Crippen LogP contribution in [0.15, 0.2) is 24.3 Å². The number of ether oxygens (including phenoxy) is 1. The Balaban J connectivity index is 2.32. The summed E-state index contributed by atoms with van der Waals surface area (Å²) in [7, 11) is 1.37. The number of esters is 1. The molecule has 4 nitrogen and oxygen atoms in total. The van der Waals surface area contributed by atoms with E-state index in [1.165, 1.54) is 7.11 Å². The number of carbonyl (C=O) groups excluding carboxylic acids is 1. The first-order valence-electron chi connectivity index (χ1n) is 5.56. The van der Waals surface area contributed by atoms with Crippen molar-refractivity contribution < 1.29 is 14.6 Å². The Hall–Kier alpha value is -1.52. The van der Waals surface area contributed by atoms with Crippen LogP contribution in [-0.2, 0) is 9.53 Å². The van der Waals surface area contributed by atoms with Crippen LogP contribution in [0.2, 0.25) is 5.02 Å². The molecule has 0 saturated carbocycles. The van der Waals surface area contributed by atoms with Crippen LogP contribution in [0.5, 0.6) is 5.75 Å². The Kier molecular flexibility index (Phi) is 6.25. The van der Waals surface area contributed by atoms with Crippen LogP contribution >= 0.6 is 11.6 Å². The molecule has 0 bridgehead atoms. The van der Waals surface area contributed by atoms with E-state index in [4.69, 9.17) is 11.6 Å². The molecule has 18 heavy (non-hydrogen) atoms. The number of hydrogen-bond acceptors (Lipinski definition) is 4. The van der Waals surface area contributed by atoms with E-state index in [1.807, 2.05) is 6.08 Å². The van der Waals surface area contributed by atoms with Gasteiger partial charge in [-0.2, -0.15) is 0 Å². The molecule has 0 aromatic heterocycles. The Labute approximate surface area is 111 Å². The molecule has 1 aromatic rings. The number of nitrogens with one attached hydrogen (secondary N) is 1. The van der Waals surface area contributed by atoms with Crippen LogP contribution < -0.4 is 5.32 Å². The zero-order chi connectivity index (χ0) is 13.4. The summed E-state index contributed by atoms with van der Waals surface area (Å²) in [6, 6.07) is 4.86. The topological polar surface area (TPSA) is 58.6 Å². The molecular formula is C13H16ClNO3. The van der Waals surface area contributed by atoms with Gasteiger partial charge in [0.2, 0.25) is 0 Å². The fourth-order valence-electron chi connectivity index (χ4n) is 1.32. The molecule has 0 aliphatic rings. The van der Waals surface area contributed by atoms with Crippen molar-refractivity contribution in [2.75, 3.05) is 20.2 Å².